The fourth-order valence-corrected chi connectivity index (χ4v) is 9.55. The average Bonchev–Trinajstić information content (AvgIpc) is 3.09. The summed E-state index contributed by atoms with van der Waals surface area (Å²) in [6.45, 7) is 3.97. The van der Waals surface area contributed by atoms with E-state index in [2.05, 4.69) is 0 Å². The van der Waals surface area contributed by atoms with Gasteiger partial charge in [-0.05, 0) is 54.8 Å². The topological polar surface area (TPSA) is 91.8 Å². The first-order valence-corrected chi connectivity index (χ1v) is 19.4. The van der Waals surface area contributed by atoms with Crippen molar-refractivity contribution in [3.8, 4) is 0 Å². The fourth-order valence-electron chi connectivity index (χ4n) is 5.45. The van der Waals surface area contributed by atoms with Crippen molar-refractivity contribution in [2.24, 2.45) is 0 Å². The highest BCUT2D eigenvalue weighted by molar-refractivity contribution is 7.98. The Morgan fingerprint density at radius 2 is 1.00 bits per heavy atom. The molecule has 0 aliphatic carbocycles. The highest BCUT2D eigenvalue weighted by atomic mass is 32.2. The minimum atomic E-state index is -4.04. The molecule has 0 amide bonds. The van der Waals surface area contributed by atoms with Crippen LogP contribution in [0.2, 0.25) is 0 Å². The van der Waals surface area contributed by atoms with E-state index in [1.165, 1.54) is 24.1 Å². The second-order valence-corrected chi connectivity index (χ2v) is 17.1. The molecule has 244 valence electrons. The average molecular weight is 686 g/mol. The molecule has 5 aromatic carbocycles. The van der Waals surface area contributed by atoms with Crippen LogP contribution < -0.4 is 0 Å². The fraction of sp³-hybridized carbons (Fsp3) is 0.211. The number of aliphatic hydroxyl groups excluding tert-OH is 1. The predicted molar refractivity (Wildman–Crippen MR) is 191 cm³/mol. The summed E-state index contributed by atoms with van der Waals surface area (Å²) in [4.78, 5) is 0.277. The van der Waals surface area contributed by atoms with Crippen molar-refractivity contribution in [2.45, 2.75) is 40.2 Å². The van der Waals surface area contributed by atoms with Gasteiger partial charge in [-0.3, -0.25) is 0 Å². The van der Waals surface area contributed by atoms with Crippen LogP contribution >= 0.6 is 11.9 Å². The smallest absolute Gasteiger partial charge is 0.204 e. The molecule has 9 heteroatoms. The number of benzene rings is 5. The molecule has 5 aromatic rings. The number of nitrogens with zero attached hydrogens (tertiary/aromatic N) is 1. The van der Waals surface area contributed by atoms with E-state index in [4.69, 9.17) is 0 Å². The van der Waals surface area contributed by atoms with Crippen molar-refractivity contribution < 1.29 is 21.9 Å². The molecule has 1 N–H and O–H groups in total. The first-order valence-electron chi connectivity index (χ1n) is 15.4. The minimum Gasteiger partial charge on any atom is -0.377 e. The molecule has 0 aromatic heterocycles. The molecule has 0 spiro atoms. The van der Waals surface area contributed by atoms with E-state index in [0.29, 0.717) is 0 Å². The predicted octanol–water partition coefficient (Wildman–Crippen LogP) is 7.20. The summed E-state index contributed by atoms with van der Waals surface area (Å²) in [5.41, 5.74) is 3.12. The van der Waals surface area contributed by atoms with Gasteiger partial charge in [0, 0.05) is 19.5 Å². The van der Waals surface area contributed by atoms with Crippen LogP contribution in [0.3, 0.4) is 0 Å². The molecular formula is C38H39NO5S3. The third kappa shape index (κ3) is 8.05. The van der Waals surface area contributed by atoms with Crippen molar-refractivity contribution in [1.82, 2.24) is 4.31 Å². The van der Waals surface area contributed by atoms with Crippen LogP contribution in [0.1, 0.15) is 34.2 Å². The zero-order valence-corrected chi connectivity index (χ0v) is 28.9. The number of sulfone groups is 2. The lowest BCUT2D eigenvalue weighted by molar-refractivity contribution is 0.228. The molecule has 0 radical (unpaired) electrons. The van der Waals surface area contributed by atoms with Crippen LogP contribution in [0.4, 0.5) is 0 Å². The molecule has 0 saturated carbocycles. The molecule has 5 rings (SSSR count). The molecule has 0 heterocycles. The van der Waals surface area contributed by atoms with E-state index < -0.39 is 29.9 Å². The maximum atomic E-state index is 13.6. The Morgan fingerprint density at radius 1 is 0.596 bits per heavy atom. The summed E-state index contributed by atoms with van der Waals surface area (Å²) in [6.07, 6.45) is -0.123. The van der Waals surface area contributed by atoms with Gasteiger partial charge in [0.2, 0.25) is 9.84 Å². The lowest BCUT2D eigenvalue weighted by Crippen LogP contribution is -2.36. The van der Waals surface area contributed by atoms with Gasteiger partial charge in [0.25, 0.3) is 0 Å². The quantitative estimate of drug-likeness (QED) is 0.0977. The Balaban J connectivity index is 1.55. The lowest BCUT2D eigenvalue weighted by Gasteiger charge is -2.39. The van der Waals surface area contributed by atoms with Gasteiger partial charge in [-0.1, -0.05) is 138 Å². The minimum absolute atomic E-state index is 0.0453. The van der Waals surface area contributed by atoms with E-state index in [9.17, 15) is 21.9 Å². The van der Waals surface area contributed by atoms with Crippen LogP contribution in [-0.4, -0.2) is 50.5 Å². The SMILES string of the molecule is Cc1ccc(S(=O)(=O)CCN(CCC(O)S(=O)(=O)c2ccc(C)cc2)SC(c2ccccc2)(c2ccccc2)c2ccccc2)cc1. The first-order chi connectivity index (χ1) is 22.5. The molecule has 0 saturated heterocycles. The number of hydrogen-bond acceptors (Lipinski definition) is 7. The number of aliphatic hydroxyl groups is 1. The Bertz CT molecular complexity index is 1850. The summed E-state index contributed by atoms with van der Waals surface area (Å²) in [5.74, 6) is -0.196. The molecule has 0 aliphatic rings. The number of rotatable bonds is 14. The van der Waals surface area contributed by atoms with Crippen LogP contribution in [0.5, 0.6) is 0 Å². The Hall–Kier alpha value is -3.73. The van der Waals surface area contributed by atoms with Crippen molar-refractivity contribution in [2.75, 3.05) is 18.8 Å². The van der Waals surface area contributed by atoms with Crippen molar-refractivity contribution in [3.63, 3.8) is 0 Å². The molecule has 0 fully saturated rings. The maximum Gasteiger partial charge on any atom is 0.204 e. The van der Waals surface area contributed by atoms with Gasteiger partial charge in [-0.25, -0.2) is 21.1 Å². The zero-order chi connectivity index (χ0) is 33.5. The third-order valence-electron chi connectivity index (χ3n) is 8.13. The van der Waals surface area contributed by atoms with Crippen LogP contribution in [0.25, 0.3) is 0 Å². The monoisotopic (exact) mass is 685 g/mol. The van der Waals surface area contributed by atoms with Gasteiger partial charge in [0.1, 0.15) is 4.75 Å². The van der Waals surface area contributed by atoms with E-state index in [-0.39, 0.29) is 35.1 Å². The molecule has 0 bridgehead atoms. The third-order valence-corrected chi connectivity index (χ3v) is 13.3. The van der Waals surface area contributed by atoms with Gasteiger partial charge < -0.3 is 5.11 Å². The van der Waals surface area contributed by atoms with Gasteiger partial charge in [0.05, 0.1) is 15.5 Å². The highest BCUT2D eigenvalue weighted by Crippen LogP contribution is 2.50. The van der Waals surface area contributed by atoms with Crippen LogP contribution in [0, 0.1) is 13.8 Å². The first kappa shape index (κ1) is 34.6. The van der Waals surface area contributed by atoms with Gasteiger partial charge >= 0.3 is 0 Å². The van der Waals surface area contributed by atoms with Gasteiger partial charge in [-0.15, -0.1) is 0 Å². The largest absolute Gasteiger partial charge is 0.377 e. The van der Waals surface area contributed by atoms with Crippen molar-refractivity contribution >= 4 is 31.6 Å². The van der Waals surface area contributed by atoms with Crippen molar-refractivity contribution in [1.29, 1.82) is 0 Å². The Kier molecular flexibility index (Phi) is 11.0. The van der Waals surface area contributed by atoms with Crippen LogP contribution in [0.15, 0.2) is 149 Å². The molecule has 47 heavy (non-hydrogen) atoms. The van der Waals surface area contributed by atoms with Crippen LogP contribution in [-0.2, 0) is 24.4 Å². The summed E-state index contributed by atoms with van der Waals surface area (Å²) in [7, 11) is -7.71. The van der Waals surface area contributed by atoms with Crippen molar-refractivity contribution in [3.05, 3.63) is 167 Å². The van der Waals surface area contributed by atoms with E-state index in [0.717, 1.165) is 27.8 Å². The number of hydrogen-bond donors (Lipinski definition) is 1. The Labute approximate surface area is 283 Å². The molecule has 6 nitrogen and oxygen atoms in total. The standard InChI is InChI=1S/C38H39NO5S3/c1-30-18-22-35(23-19-30)46(41,42)29-28-39(27-26-37(40)47(43,44)36-24-20-31(2)21-25-36)45-38(32-12-6-3-7-13-32,33-14-8-4-9-15-33)34-16-10-5-11-17-34/h3-25,37,40H,26-29H2,1-2H3. The highest BCUT2D eigenvalue weighted by Gasteiger charge is 2.40. The van der Waals surface area contributed by atoms with Gasteiger partial charge in [-0.2, -0.15) is 0 Å². The maximum absolute atomic E-state index is 13.6. The van der Waals surface area contributed by atoms with Gasteiger partial charge in [0.15, 0.2) is 15.3 Å². The summed E-state index contributed by atoms with van der Waals surface area (Å²) < 4.78 is 54.9. The molecule has 0 aliphatic heterocycles. The molecular weight excluding hydrogens is 647 g/mol. The second kappa shape index (κ2) is 15.0. The Morgan fingerprint density at radius 3 is 1.43 bits per heavy atom. The lowest BCUT2D eigenvalue weighted by atomic mass is 9.84. The normalized spacial score (nSPS) is 13.0. The van der Waals surface area contributed by atoms with E-state index >= 15 is 0 Å². The zero-order valence-electron chi connectivity index (χ0n) is 26.4. The summed E-state index contributed by atoms with van der Waals surface area (Å²) in [6, 6.07) is 43.1. The molecule has 1 atom stereocenters. The van der Waals surface area contributed by atoms with E-state index in [1.807, 2.05) is 109 Å². The summed E-state index contributed by atoms with van der Waals surface area (Å²) in [5, 5.41) is 11.1. The molecule has 1 unspecified atom stereocenters. The van der Waals surface area contributed by atoms with E-state index in [1.54, 1.807) is 36.4 Å². The number of aryl methyl sites for hydroxylation is 2. The summed E-state index contributed by atoms with van der Waals surface area (Å²) >= 11 is 1.45. The second-order valence-electron chi connectivity index (χ2n) is 11.5.